The number of carbonyl (C=O) groups is 1. The molecule has 27 heavy (non-hydrogen) atoms. The average Bonchev–Trinajstić information content (AvgIpc) is 3.12. The zero-order valence-electron chi connectivity index (χ0n) is 14.6. The van der Waals surface area contributed by atoms with Gasteiger partial charge in [0.2, 0.25) is 0 Å². The van der Waals surface area contributed by atoms with Crippen molar-refractivity contribution < 1.29 is 4.79 Å². The summed E-state index contributed by atoms with van der Waals surface area (Å²) in [4.78, 5) is 22.9. The number of aromatic nitrogens is 1. The summed E-state index contributed by atoms with van der Waals surface area (Å²) in [5.74, 6) is -0.0507. The van der Waals surface area contributed by atoms with E-state index in [1.165, 1.54) is 9.60 Å². The van der Waals surface area contributed by atoms with Crippen LogP contribution in [0.2, 0.25) is 10.0 Å². The number of hydrogen-bond acceptors (Lipinski definition) is 5. The van der Waals surface area contributed by atoms with Crippen LogP contribution in [0.25, 0.3) is 10.2 Å². The highest BCUT2D eigenvalue weighted by molar-refractivity contribution is 7.98. The van der Waals surface area contributed by atoms with E-state index in [0.29, 0.717) is 28.7 Å². The maximum absolute atomic E-state index is 12.8. The number of halogens is 2. The molecule has 1 fully saturated rings. The number of nitrogens with zero attached hydrogens (tertiary/aromatic N) is 3. The highest BCUT2D eigenvalue weighted by Gasteiger charge is 2.25. The van der Waals surface area contributed by atoms with Gasteiger partial charge in [0.05, 0.1) is 20.8 Å². The van der Waals surface area contributed by atoms with Gasteiger partial charge in [0.25, 0.3) is 5.91 Å². The molecule has 0 N–H and O–H groups in total. The van der Waals surface area contributed by atoms with E-state index in [2.05, 4.69) is 29.4 Å². The van der Waals surface area contributed by atoms with E-state index in [9.17, 15) is 4.79 Å². The molecule has 1 amide bonds. The molecule has 0 bridgehead atoms. The maximum atomic E-state index is 12.8. The molecule has 2 aromatic carbocycles. The van der Waals surface area contributed by atoms with Crippen molar-refractivity contribution in [2.45, 2.75) is 4.90 Å². The van der Waals surface area contributed by atoms with Crippen molar-refractivity contribution in [2.75, 3.05) is 37.3 Å². The fourth-order valence-electron chi connectivity index (χ4n) is 3.15. The molecule has 0 spiro atoms. The minimum atomic E-state index is -0.0507. The van der Waals surface area contributed by atoms with Gasteiger partial charge in [-0.3, -0.25) is 4.79 Å². The number of para-hydroxylation sites is 1. The van der Waals surface area contributed by atoms with E-state index < -0.39 is 0 Å². The predicted molar refractivity (Wildman–Crippen MR) is 116 cm³/mol. The Hall–Kier alpha value is -1.47. The van der Waals surface area contributed by atoms with Crippen molar-refractivity contribution in [2.24, 2.45) is 0 Å². The van der Waals surface area contributed by atoms with Gasteiger partial charge < -0.3 is 9.80 Å². The number of amides is 1. The van der Waals surface area contributed by atoms with Crippen LogP contribution in [-0.4, -0.2) is 48.2 Å². The zero-order chi connectivity index (χ0) is 19.0. The molecule has 1 aliphatic rings. The largest absolute Gasteiger partial charge is 0.345 e. The summed E-state index contributed by atoms with van der Waals surface area (Å²) in [5.41, 5.74) is 1.57. The first-order valence-electron chi connectivity index (χ1n) is 8.49. The standard InChI is InChI=1S/C19H17Cl2N3OS2/c1-26-15-3-2-4-16-17(15)22-19(27-16)24-9-7-23(8-10-24)18(25)13-6-5-12(20)11-14(13)21/h2-6,11H,7-10H2,1H3. The van der Waals surface area contributed by atoms with Crippen LogP contribution in [0.4, 0.5) is 5.13 Å². The molecule has 0 unspecified atom stereocenters. The number of fused-ring (bicyclic) bond motifs is 1. The molecule has 0 atom stereocenters. The van der Waals surface area contributed by atoms with Crippen molar-refractivity contribution in [3.8, 4) is 0 Å². The predicted octanol–water partition coefficient (Wildman–Crippen LogP) is 5.29. The van der Waals surface area contributed by atoms with Crippen molar-refractivity contribution in [1.82, 2.24) is 9.88 Å². The van der Waals surface area contributed by atoms with Gasteiger partial charge >= 0.3 is 0 Å². The Kier molecular flexibility index (Phi) is 5.50. The first-order chi connectivity index (χ1) is 13.1. The third-order valence-electron chi connectivity index (χ3n) is 4.59. The van der Waals surface area contributed by atoms with Crippen molar-refractivity contribution in [3.63, 3.8) is 0 Å². The summed E-state index contributed by atoms with van der Waals surface area (Å²) in [6.07, 6.45) is 2.07. The van der Waals surface area contributed by atoms with Gasteiger partial charge in [0.1, 0.15) is 0 Å². The van der Waals surface area contributed by atoms with Gasteiger partial charge in [-0.15, -0.1) is 11.8 Å². The fraction of sp³-hybridized carbons (Fsp3) is 0.263. The number of thioether (sulfide) groups is 1. The summed E-state index contributed by atoms with van der Waals surface area (Å²) in [5, 5.41) is 1.94. The molecule has 1 aliphatic heterocycles. The van der Waals surface area contributed by atoms with Gasteiger partial charge in [-0.1, -0.05) is 40.6 Å². The first kappa shape index (κ1) is 18.9. The third kappa shape index (κ3) is 3.76. The third-order valence-corrected chi connectivity index (χ3v) is 6.99. The molecule has 1 aromatic heterocycles. The first-order valence-corrected chi connectivity index (χ1v) is 11.3. The summed E-state index contributed by atoms with van der Waals surface area (Å²) < 4.78 is 1.20. The molecule has 0 aliphatic carbocycles. The smallest absolute Gasteiger partial charge is 0.255 e. The Morgan fingerprint density at radius 3 is 2.63 bits per heavy atom. The lowest BCUT2D eigenvalue weighted by molar-refractivity contribution is 0.0747. The van der Waals surface area contributed by atoms with Gasteiger partial charge in [-0.2, -0.15) is 0 Å². The number of benzene rings is 2. The van der Waals surface area contributed by atoms with Gasteiger partial charge in [0, 0.05) is 36.1 Å². The highest BCUT2D eigenvalue weighted by Crippen LogP contribution is 2.34. The van der Waals surface area contributed by atoms with E-state index >= 15 is 0 Å². The molecule has 140 valence electrons. The Labute approximate surface area is 176 Å². The highest BCUT2D eigenvalue weighted by atomic mass is 35.5. The Morgan fingerprint density at radius 2 is 1.93 bits per heavy atom. The topological polar surface area (TPSA) is 36.4 Å². The Bertz CT molecular complexity index is 1000. The SMILES string of the molecule is CSc1cccc2sc(N3CCN(C(=O)c4ccc(Cl)cc4Cl)CC3)nc12. The van der Waals surface area contributed by atoms with Crippen LogP contribution in [0.3, 0.4) is 0 Å². The molecule has 4 nitrogen and oxygen atoms in total. The Balaban J connectivity index is 1.48. The molecule has 3 aromatic rings. The van der Waals surface area contributed by atoms with Crippen LogP contribution in [0.15, 0.2) is 41.3 Å². The van der Waals surface area contributed by atoms with Crippen LogP contribution in [0, 0.1) is 0 Å². The molecule has 8 heteroatoms. The molecule has 1 saturated heterocycles. The van der Waals surface area contributed by atoms with E-state index in [4.69, 9.17) is 28.2 Å². The lowest BCUT2D eigenvalue weighted by atomic mass is 10.2. The van der Waals surface area contributed by atoms with Crippen LogP contribution in [0.1, 0.15) is 10.4 Å². The van der Waals surface area contributed by atoms with Gasteiger partial charge in [0.15, 0.2) is 5.13 Å². The van der Waals surface area contributed by atoms with Crippen LogP contribution >= 0.6 is 46.3 Å². The van der Waals surface area contributed by atoms with E-state index in [1.807, 2.05) is 4.90 Å². The van der Waals surface area contributed by atoms with Gasteiger partial charge in [-0.05, 0) is 36.6 Å². The number of piperazine rings is 1. The van der Waals surface area contributed by atoms with Crippen LogP contribution in [-0.2, 0) is 0 Å². The van der Waals surface area contributed by atoms with Crippen LogP contribution < -0.4 is 4.90 Å². The molecule has 0 radical (unpaired) electrons. The molecule has 2 heterocycles. The average molecular weight is 438 g/mol. The molecule has 4 rings (SSSR count). The number of thiazole rings is 1. The van der Waals surface area contributed by atoms with Crippen molar-refractivity contribution >= 4 is 67.6 Å². The number of hydrogen-bond donors (Lipinski definition) is 0. The summed E-state index contributed by atoms with van der Waals surface area (Å²) in [6, 6.07) is 11.3. The van der Waals surface area contributed by atoms with E-state index in [-0.39, 0.29) is 5.91 Å². The molecule has 0 saturated carbocycles. The maximum Gasteiger partial charge on any atom is 0.255 e. The number of carbonyl (C=O) groups excluding carboxylic acids is 1. The minimum Gasteiger partial charge on any atom is -0.345 e. The number of rotatable bonds is 3. The normalized spacial score (nSPS) is 14.8. The lowest BCUT2D eigenvalue weighted by Crippen LogP contribution is -2.48. The second-order valence-electron chi connectivity index (χ2n) is 6.21. The fourth-order valence-corrected chi connectivity index (χ4v) is 5.31. The van der Waals surface area contributed by atoms with Crippen molar-refractivity contribution in [3.05, 3.63) is 52.0 Å². The molecular weight excluding hydrogens is 421 g/mol. The van der Waals surface area contributed by atoms with Crippen molar-refractivity contribution in [1.29, 1.82) is 0 Å². The quantitative estimate of drug-likeness (QED) is 0.521. The van der Waals surface area contributed by atoms with Gasteiger partial charge in [-0.25, -0.2) is 4.98 Å². The van der Waals surface area contributed by atoms with E-state index in [0.717, 1.165) is 23.7 Å². The second kappa shape index (κ2) is 7.87. The Morgan fingerprint density at radius 1 is 1.15 bits per heavy atom. The summed E-state index contributed by atoms with van der Waals surface area (Å²) in [6.45, 7) is 2.79. The summed E-state index contributed by atoms with van der Waals surface area (Å²) >= 11 is 15.5. The lowest BCUT2D eigenvalue weighted by Gasteiger charge is -2.34. The monoisotopic (exact) mass is 437 g/mol. The zero-order valence-corrected chi connectivity index (χ0v) is 17.8. The minimum absolute atomic E-state index is 0.0507. The summed E-state index contributed by atoms with van der Waals surface area (Å²) in [7, 11) is 0. The van der Waals surface area contributed by atoms with E-state index in [1.54, 1.807) is 41.3 Å². The molecular formula is C19H17Cl2N3OS2. The second-order valence-corrected chi connectivity index (χ2v) is 8.91. The number of anilines is 1. The van der Waals surface area contributed by atoms with Crippen LogP contribution in [0.5, 0.6) is 0 Å².